The van der Waals surface area contributed by atoms with Gasteiger partial charge in [-0.25, -0.2) is 18.2 Å². The third-order valence-electron chi connectivity index (χ3n) is 4.63. The summed E-state index contributed by atoms with van der Waals surface area (Å²) in [7, 11) is 0. The molecular formula is C19H23F3N4O. The Morgan fingerprint density at radius 2 is 2.15 bits per heavy atom. The Labute approximate surface area is 156 Å². The van der Waals surface area contributed by atoms with Crippen LogP contribution >= 0.6 is 0 Å². The molecule has 2 aliphatic heterocycles. The first-order valence-electron chi connectivity index (χ1n) is 8.97. The summed E-state index contributed by atoms with van der Waals surface area (Å²) in [6, 6.07) is 2.98. The standard InChI is InChI=1S/C19H23F3N4O/c1-11(2)27-16-7-13-15(8-14(16)20)25-18(13)12(3)6-17(24-10-23)26-5-4-19(21,22)9-26/h7-8,10-12,23H,4-6,9H2,1-3H3. The van der Waals surface area contributed by atoms with Crippen molar-refractivity contribution in [1.82, 2.24) is 4.90 Å². The fourth-order valence-electron chi connectivity index (χ4n) is 3.36. The van der Waals surface area contributed by atoms with Crippen LogP contribution in [0.25, 0.3) is 0 Å². The number of rotatable bonds is 6. The molecule has 5 nitrogen and oxygen atoms in total. The van der Waals surface area contributed by atoms with E-state index in [-0.39, 0.29) is 37.3 Å². The van der Waals surface area contributed by atoms with E-state index in [4.69, 9.17) is 10.1 Å². The van der Waals surface area contributed by atoms with Crippen molar-refractivity contribution in [3.8, 4) is 5.75 Å². The minimum Gasteiger partial charge on any atom is -0.488 e. The van der Waals surface area contributed by atoms with E-state index in [0.29, 0.717) is 17.9 Å². The molecule has 1 unspecified atom stereocenters. The van der Waals surface area contributed by atoms with Crippen molar-refractivity contribution < 1.29 is 17.9 Å². The van der Waals surface area contributed by atoms with Gasteiger partial charge >= 0.3 is 0 Å². The average molecular weight is 380 g/mol. The summed E-state index contributed by atoms with van der Waals surface area (Å²) in [5, 5.41) is 7.23. The molecule has 1 atom stereocenters. The molecular weight excluding hydrogens is 357 g/mol. The molecule has 1 saturated heterocycles. The Kier molecular flexibility index (Phi) is 5.26. The molecule has 0 bridgehead atoms. The van der Waals surface area contributed by atoms with E-state index < -0.39 is 11.7 Å². The van der Waals surface area contributed by atoms with Crippen LogP contribution in [0.15, 0.2) is 22.1 Å². The fourth-order valence-corrected chi connectivity index (χ4v) is 3.36. The Bertz CT molecular complexity index is 804. The van der Waals surface area contributed by atoms with Gasteiger partial charge in [0.25, 0.3) is 5.92 Å². The van der Waals surface area contributed by atoms with Crippen LogP contribution in [-0.2, 0) is 0 Å². The third-order valence-corrected chi connectivity index (χ3v) is 4.63. The maximum Gasteiger partial charge on any atom is 0.266 e. The normalized spacial score (nSPS) is 19.4. The van der Waals surface area contributed by atoms with Gasteiger partial charge in [0.2, 0.25) is 0 Å². The van der Waals surface area contributed by atoms with Gasteiger partial charge in [0, 0.05) is 36.9 Å². The summed E-state index contributed by atoms with van der Waals surface area (Å²) in [4.78, 5) is 9.89. The smallest absolute Gasteiger partial charge is 0.266 e. The van der Waals surface area contributed by atoms with Crippen LogP contribution in [0.4, 0.5) is 18.9 Å². The molecule has 0 aliphatic carbocycles. The Balaban J connectivity index is 1.74. The van der Waals surface area contributed by atoms with Crippen molar-refractivity contribution in [2.24, 2.45) is 15.9 Å². The Morgan fingerprint density at radius 1 is 1.41 bits per heavy atom. The first-order valence-corrected chi connectivity index (χ1v) is 8.97. The molecule has 1 fully saturated rings. The number of hydrogen-bond donors (Lipinski definition) is 1. The summed E-state index contributed by atoms with van der Waals surface area (Å²) < 4.78 is 46.6. The molecule has 0 aromatic heterocycles. The number of hydrogen-bond acceptors (Lipinski definition) is 3. The van der Waals surface area contributed by atoms with Crippen molar-refractivity contribution in [3.05, 3.63) is 23.5 Å². The lowest BCUT2D eigenvalue weighted by Gasteiger charge is -2.27. The second-order valence-corrected chi connectivity index (χ2v) is 7.27. The predicted molar refractivity (Wildman–Crippen MR) is 99.5 cm³/mol. The molecule has 1 aromatic carbocycles. The summed E-state index contributed by atoms with van der Waals surface area (Å²) in [5.41, 5.74) is 2.13. The minimum atomic E-state index is -2.73. The minimum absolute atomic E-state index is 0.109. The van der Waals surface area contributed by atoms with Crippen molar-refractivity contribution in [2.75, 3.05) is 13.1 Å². The number of amidine groups is 1. The second-order valence-electron chi connectivity index (χ2n) is 7.27. The molecule has 8 heteroatoms. The highest BCUT2D eigenvalue weighted by molar-refractivity contribution is 6.15. The van der Waals surface area contributed by atoms with Crippen molar-refractivity contribution in [3.63, 3.8) is 0 Å². The molecule has 3 rings (SSSR count). The van der Waals surface area contributed by atoms with Gasteiger partial charge in [-0.3, -0.25) is 10.4 Å². The number of fused-ring (bicyclic) bond motifs is 1. The van der Waals surface area contributed by atoms with E-state index in [1.165, 1.54) is 11.0 Å². The van der Waals surface area contributed by atoms with Crippen LogP contribution in [0.5, 0.6) is 5.75 Å². The zero-order chi connectivity index (χ0) is 19.8. The largest absolute Gasteiger partial charge is 0.488 e. The van der Waals surface area contributed by atoms with Gasteiger partial charge in [-0.15, -0.1) is 0 Å². The Hall–Kier alpha value is -2.38. The van der Waals surface area contributed by atoms with Gasteiger partial charge in [-0.2, -0.15) is 0 Å². The predicted octanol–water partition coefficient (Wildman–Crippen LogP) is 4.42. The van der Waals surface area contributed by atoms with Gasteiger partial charge in [0.15, 0.2) is 11.6 Å². The zero-order valence-electron chi connectivity index (χ0n) is 15.6. The molecule has 0 saturated carbocycles. The number of benzene rings is 1. The molecule has 0 spiro atoms. The molecule has 2 aliphatic rings. The van der Waals surface area contributed by atoms with Crippen LogP contribution in [0.3, 0.4) is 0 Å². The summed E-state index contributed by atoms with van der Waals surface area (Å²) in [6.45, 7) is 5.40. The highest BCUT2D eigenvalue weighted by Crippen LogP contribution is 2.39. The monoisotopic (exact) mass is 380 g/mol. The van der Waals surface area contributed by atoms with E-state index in [0.717, 1.165) is 17.6 Å². The number of nitrogens with zero attached hydrogens (tertiary/aromatic N) is 3. The van der Waals surface area contributed by atoms with Crippen molar-refractivity contribution in [2.45, 2.75) is 45.6 Å². The molecule has 2 heterocycles. The van der Waals surface area contributed by atoms with E-state index in [1.807, 2.05) is 20.8 Å². The van der Waals surface area contributed by atoms with Gasteiger partial charge in [-0.05, 0) is 19.9 Å². The molecule has 27 heavy (non-hydrogen) atoms. The fraction of sp³-hybridized carbons (Fsp3) is 0.526. The van der Waals surface area contributed by atoms with Crippen LogP contribution in [0.1, 0.15) is 39.2 Å². The van der Waals surface area contributed by atoms with Crippen LogP contribution < -0.4 is 4.74 Å². The number of halogens is 3. The van der Waals surface area contributed by atoms with Gasteiger partial charge in [-0.1, -0.05) is 6.92 Å². The number of likely N-dealkylation sites (tertiary alicyclic amines) is 1. The first-order chi connectivity index (χ1) is 12.7. The van der Waals surface area contributed by atoms with Crippen LogP contribution in [0.2, 0.25) is 0 Å². The molecule has 0 amide bonds. The van der Waals surface area contributed by atoms with Crippen molar-refractivity contribution in [1.29, 1.82) is 5.41 Å². The lowest BCUT2D eigenvalue weighted by molar-refractivity contribution is 0.0174. The van der Waals surface area contributed by atoms with Gasteiger partial charge < -0.3 is 9.64 Å². The van der Waals surface area contributed by atoms with Crippen molar-refractivity contribution >= 4 is 23.6 Å². The van der Waals surface area contributed by atoms with Crippen LogP contribution in [-0.4, -0.2) is 47.9 Å². The number of aliphatic imine (C=N–C) groups is 2. The summed E-state index contributed by atoms with van der Waals surface area (Å²) >= 11 is 0. The highest BCUT2D eigenvalue weighted by atomic mass is 19.3. The Morgan fingerprint density at radius 3 is 2.74 bits per heavy atom. The van der Waals surface area contributed by atoms with Crippen LogP contribution in [0, 0.1) is 17.1 Å². The zero-order valence-corrected chi connectivity index (χ0v) is 15.6. The lowest BCUT2D eigenvalue weighted by Crippen LogP contribution is -2.34. The topological polar surface area (TPSA) is 61.0 Å². The summed E-state index contributed by atoms with van der Waals surface area (Å²) in [5.74, 6) is -2.67. The maximum absolute atomic E-state index is 14.0. The average Bonchev–Trinajstić information content (AvgIpc) is 2.92. The quantitative estimate of drug-likeness (QED) is 0.587. The summed E-state index contributed by atoms with van der Waals surface area (Å²) in [6.07, 6.45) is 0.885. The molecule has 1 N–H and O–H groups in total. The second kappa shape index (κ2) is 7.32. The van der Waals surface area contributed by atoms with Gasteiger partial charge in [0.1, 0.15) is 12.2 Å². The molecule has 0 radical (unpaired) electrons. The van der Waals surface area contributed by atoms with E-state index in [1.54, 1.807) is 6.07 Å². The maximum atomic E-state index is 14.0. The van der Waals surface area contributed by atoms with E-state index >= 15 is 0 Å². The first kappa shape index (κ1) is 19.4. The number of nitrogens with one attached hydrogen (secondary N) is 1. The molecule has 1 aromatic rings. The SMILES string of the molecule is CC(C)Oc1cc2c(cc1F)N=C2C(C)CC(=NC=N)N1CCC(F)(F)C1. The lowest BCUT2D eigenvalue weighted by atomic mass is 9.89. The van der Waals surface area contributed by atoms with E-state index in [2.05, 4.69) is 9.98 Å². The van der Waals surface area contributed by atoms with Gasteiger partial charge in [0.05, 0.1) is 24.0 Å². The third kappa shape index (κ3) is 4.14. The molecule has 146 valence electrons. The van der Waals surface area contributed by atoms with E-state index in [9.17, 15) is 13.2 Å². The number of alkyl halides is 2. The highest BCUT2D eigenvalue weighted by Gasteiger charge is 2.40. The number of ether oxygens (including phenoxy) is 1.